The van der Waals surface area contributed by atoms with Crippen LogP contribution in [0.4, 0.5) is 17.6 Å². The van der Waals surface area contributed by atoms with Crippen LogP contribution < -0.4 is 16.0 Å². The summed E-state index contributed by atoms with van der Waals surface area (Å²) in [5, 5.41) is 26.4. The van der Waals surface area contributed by atoms with E-state index in [2.05, 4.69) is 45.1 Å². The van der Waals surface area contributed by atoms with Crippen molar-refractivity contribution in [3.8, 4) is 0 Å². The number of halogens is 4. The summed E-state index contributed by atoms with van der Waals surface area (Å²) in [5.41, 5.74) is 4.12. The molecule has 2 heterocycles. The van der Waals surface area contributed by atoms with Crippen molar-refractivity contribution in [2.75, 3.05) is 26.2 Å². The molecule has 13 heteroatoms. The Balaban J connectivity index is 0.000000676. The van der Waals surface area contributed by atoms with Crippen LogP contribution in [0.25, 0.3) is 0 Å². The van der Waals surface area contributed by atoms with Gasteiger partial charge in [-0.25, -0.2) is 9.18 Å². The van der Waals surface area contributed by atoms with E-state index < -0.39 is 30.0 Å². The quantitative estimate of drug-likeness (QED) is 0.224. The number of carboxylic acid groups (broad SMARTS) is 2. The Hall–Kier alpha value is -4.23. The number of aliphatic carboxylic acids is 2. The number of hydrogen-bond donors (Lipinski definition) is 5. The van der Waals surface area contributed by atoms with Crippen LogP contribution in [0.3, 0.4) is 0 Å². The van der Waals surface area contributed by atoms with E-state index in [1.165, 1.54) is 29.3 Å². The highest BCUT2D eigenvalue weighted by Crippen LogP contribution is 2.21. The standard InChI is InChI=1S/C29H35FN4O3.C2HF3O2/c30-24-10-4-8-23(18-24)26(19-28(36)37)33-27(35)20-34(16-13-21-6-2-1-3-7-21)17-14-25-12-11-22-9-5-15-31-29(22)32-25;3-2(4,5)1(6)7/h1-4,6-8,10-12,18,26,29,31-32H,5,9,13-17,19-20H2,(H,33,35)(H,36,37);(H,6,7)/t26-,29?;/m0./s1. The summed E-state index contributed by atoms with van der Waals surface area (Å²) in [7, 11) is 0. The molecular weight excluding hydrogens is 584 g/mol. The first-order valence-electron chi connectivity index (χ1n) is 14.1. The minimum Gasteiger partial charge on any atom is -0.481 e. The van der Waals surface area contributed by atoms with Crippen molar-refractivity contribution in [2.24, 2.45) is 0 Å². The number of rotatable bonds is 12. The second kappa shape index (κ2) is 16.6. The number of alkyl halides is 3. The zero-order valence-corrected chi connectivity index (χ0v) is 23.9. The number of fused-ring (bicyclic) bond motifs is 1. The maximum atomic E-state index is 13.8. The molecule has 2 aliphatic heterocycles. The van der Waals surface area contributed by atoms with E-state index in [9.17, 15) is 32.3 Å². The fourth-order valence-electron chi connectivity index (χ4n) is 4.81. The van der Waals surface area contributed by atoms with E-state index in [1.54, 1.807) is 6.07 Å². The zero-order valence-electron chi connectivity index (χ0n) is 23.9. The number of amides is 1. The Labute approximate surface area is 252 Å². The Morgan fingerprint density at radius 2 is 1.70 bits per heavy atom. The summed E-state index contributed by atoms with van der Waals surface area (Å²) < 4.78 is 45.5. The number of hydrogen-bond acceptors (Lipinski definition) is 6. The van der Waals surface area contributed by atoms with Crippen molar-refractivity contribution < 1.29 is 42.2 Å². The average Bonchev–Trinajstić information content (AvgIpc) is 2.98. The minimum absolute atomic E-state index is 0.119. The van der Waals surface area contributed by atoms with Crippen molar-refractivity contribution >= 4 is 17.8 Å². The molecule has 0 aliphatic carbocycles. The molecule has 5 N–H and O–H groups in total. The van der Waals surface area contributed by atoms with Crippen molar-refractivity contribution in [1.29, 1.82) is 0 Å². The van der Waals surface area contributed by atoms with Crippen molar-refractivity contribution in [1.82, 2.24) is 20.9 Å². The molecule has 0 aromatic heterocycles. The van der Waals surface area contributed by atoms with Crippen molar-refractivity contribution in [3.63, 3.8) is 0 Å². The predicted molar refractivity (Wildman–Crippen MR) is 155 cm³/mol. The summed E-state index contributed by atoms with van der Waals surface area (Å²) in [6.45, 7) is 2.46. The lowest BCUT2D eigenvalue weighted by Crippen LogP contribution is -2.48. The summed E-state index contributed by atoms with van der Waals surface area (Å²) in [4.78, 5) is 35.5. The lowest BCUT2D eigenvalue weighted by molar-refractivity contribution is -0.192. The lowest BCUT2D eigenvalue weighted by atomic mass is 9.99. The number of allylic oxidation sites excluding steroid dienone is 2. The molecule has 1 unspecified atom stereocenters. The molecule has 2 aromatic carbocycles. The highest BCUT2D eigenvalue weighted by atomic mass is 19.4. The third-order valence-corrected chi connectivity index (χ3v) is 7.02. The van der Waals surface area contributed by atoms with Gasteiger partial charge >= 0.3 is 18.1 Å². The van der Waals surface area contributed by atoms with Crippen molar-refractivity contribution in [2.45, 2.75) is 50.5 Å². The maximum Gasteiger partial charge on any atom is 0.490 e. The van der Waals surface area contributed by atoms with Gasteiger partial charge in [-0.1, -0.05) is 48.5 Å². The van der Waals surface area contributed by atoms with Crippen LogP contribution in [-0.2, 0) is 20.8 Å². The molecule has 2 aromatic rings. The second-order valence-electron chi connectivity index (χ2n) is 10.4. The van der Waals surface area contributed by atoms with Gasteiger partial charge in [-0.2, -0.15) is 13.2 Å². The third-order valence-electron chi connectivity index (χ3n) is 7.02. The van der Waals surface area contributed by atoms with Crippen LogP contribution >= 0.6 is 0 Å². The van der Waals surface area contributed by atoms with Crippen LogP contribution in [0.5, 0.6) is 0 Å². The molecule has 238 valence electrons. The number of piperidine rings is 1. The molecule has 1 amide bonds. The van der Waals surface area contributed by atoms with Crippen LogP contribution in [0.1, 0.15) is 42.9 Å². The number of dihydropyridines is 1. The van der Waals surface area contributed by atoms with Gasteiger partial charge < -0.3 is 20.8 Å². The average molecular weight is 621 g/mol. The molecule has 0 radical (unpaired) electrons. The molecule has 0 bridgehead atoms. The topological polar surface area (TPSA) is 131 Å². The monoisotopic (exact) mass is 620 g/mol. The molecule has 0 saturated carbocycles. The maximum absolute atomic E-state index is 13.8. The largest absolute Gasteiger partial charge is 0.490 e. The number of nitrogens with one attached hydrogen (secondary N) is 3. The van der Waals surface area contributed by atoms with Gasteiger partial charge in [0.25, 0.3) is 0 Å². The molecule has 44 heavy (non-hydrogen) atoms. The van der Waals surface area contributed by atoms with Crippen LogP contribution in [0.15, 0.2) is 78.0 Å². The van der Waals surface area contributed by atoms with Gasteiger partial charge in [0.05, 0.1) is 25.2 Å². The number of benzene rings is 2. The molecule has 1 fully saturated rings. The molecule has 2 atom stereocenters. The minimum atomic E-state index is -5.08. The highest BCUT2D eigenvalue weighted by molar-refractivity contribution is 5.79. The van der Waals surface area contributed by atoms with Gasteiger partial charge in [0.1, 0.15) is 5.82 Å². The molecule has 1 saturated heterocycles. The van der Waals surface area contributed by atoms with Crippen LogP contribution in [0.2, 0.25) is 0 Å². The predicted octanol–water partition coefficient (Wildman–Crippen LogP) is 4.15. The van der Waals surface area contributed by atoms with Gasteiger partial charge in [-0.05, 0) is 67.1 Å². The third kappa shape index (κ3) is 11.8. The lowest BCUT2D eigenvalue weighted by Gasteiger charge is -2.33. The summed E-state index contributed by atoms with van der Waals surface area (Å²) in [5.74, 6) is -4.57. The number of carboxylic acids is 2. The summed E-state index contributed by atoms with van der Waals surface area (Å²) in [6.07, 6.45) is 2.88. The van der Waals surface area contributed by atoms with E-state index >= 15 is 0 Å². The van der Waals surface area contributed by atoms with Crippen LogP contribution in [-0.4, -0.2) is 71.5 Å². The Bertz CT molecular complexity index is 1330. The number of nitrogens with zero attached hydrogens (tertiary/aromatic N) is 1. The SMILES string of the molecule is O=C(O)C(F)(F)F.O=C(O)C[C@H](NC(=O)CN(CCC1=CC=C2CCCNC2N1)CCc1ccccc1)c1cccc(F)c1. The molecule has 9 nitrogen and oxygen atoms in total. The highest BCUT2D eigenvalue weighted by Gasteiger charge is 2.38. The van der Waals surface area contributed by atoms with E-state index in [1.807, 2.05) is 18.2 Å². The Morgan fingerprint density at radius 1 is 1.00 bits per heavy atom. The van der Waals surface area contributed by atoms with Crippen LogP contribution in [0, 0.1) is 5.82 Å². The molecule has 2 aliphatic rings. The van der Waals surface area contributed by atoms with Gasteiger partial charge in [0.2, 0.25) is 5.91 Å². The van der Waals surface area contributed by atoms with Crippen molar-refractivity contribution in [3.05, 3.63) is 95.0 Å². The smallest absolute Gasteiger partial charge is 0.481 e. The first-order valence-corrected chi connectivity index (χ1v) is 14.1. The number of carbonyl (C=O) groups excluding carboxylic acids is 1. The van der Waals surface area contributed by atoms with Gasteiger partial charge in [-0.15, -0.1) is 0 Å². The summed E-state index contributed by atoms with van der Waals surface area (Å²) in [6, 6.07) is 15.0. The van der Waals surface area contributed by atoms with E-state index in [0.717, 1.165) is 37.9 Å². The van der Waals surface area contributed by atoms with Gasteiger partial charge in [0.15, 0.2) is 0 Å². The molecule has 4 rings (SSSR count). The first kappa shape index (κ1) is 34.3. The van der Waals surface area contributed by atoms with E-state index in [4.69, 9.17) is 9.90 Å². The van der Waals surface area contributed by atoms with Gasteiger partial charge in [-0.3, -0.25) is 19.8 Å². The summed E-state index contributed by atoms with van der Waals surface area (Å²) >= 11 is 0. The van der Waals surface area contributed by atoms with E-state index in [-0.39, 0.29) is 25.0 Å². The fourth-order valence-corrected chi connectivity index (χ4v) is 4.81. The second-order valence-corrected chi connectivity index (χ2v) is 10.4. The number of carbonyl (C=O) groups is 3. The Morgan fingerprint density at radius 3 is 2.36 bits per heavy atom. The fraction of sp³-hybridized carbons (Fsp3) is 0.387. The molecule has 0 spiro atoms. The Kier molecular flexibility index (Phi) is 12.9. The first-order chi connectivity index (χ1) is 20.9. The molecular formula is C31H36F4N4O5. The van der Waals surface area contributed by atoms with Gasteiger partial charge in [0, 0.05) is 18.8 Å². The zero-order chi connectivity index (χ0) is 32.1. The normalized spacial score (nSPS) is 16.7. The van der Waals surface area contributed by atoms with E-state index in [0.29, 0.717) is 18.7 Å².